The molecule has 0 atom stereocenters. The lowest BCUT2D eigenvalue weighted by molar-refractivity contribution is 0.235. The smallest absolute Gasteiger partial charge is 0.118 e. The number of H-pyrrole nitrogens is 1. The average molecular weight is 355 g/mol. The van der Waals surface area contributed by atoms with Gasteiger partial charge < -0.3 is 4.74 Å². The van der Waals surface area contributed by atoms with Crippen LogP contribution in [0.1, 0.15) is 18.5 Å². The van der Waals surface area contributed by atoms with Gasteiger partial charge in [0.2, 0.25) is 0 Å². The van der Waals surface area contributed by atoms with E-state index in [0.29, 0.717) is 0 Å². The van der Waals surface area contributed by atoms with Gasteiger partial charge >= 0.3 is 0 Å². The molecule has 6 heteroatoms. The van der Waals surface area contributed by atoms with Crippen molar-refractivity contribution in [2.75, 3.05) is 6.61 Å². The Kier molecular flexibility index (Phi) is 3.86. The molecule has 0 fully saturated rings. The fraction of sp³-hybridized carbons (Fsp3) is 0.143. The van der Waals surface area contributed by atoms with Gasteiger partial charge in [0, 0.05) is 28.9 Å². The standard InChI is InChI=1S/C21H17N5O/c1-6-17(15-5-3-9-27-13-15)24-18(7-1)21-16-10-19(14-4-2-8-22-11-14)23-12-20(16)25-26-21/h1-2,4,6-8,10-13H,3,5,9H2,(H,25,26). The van der Waals surface area contributed by atoms with Crippen LogP contribution in [0.5, 0.6) is 0 Å². The molecule has 0 saturated carbocycles. The summed E-state index contributed by atoms with van der Waals surface area (Å²) in [5.74, 6) is 0. The average Bonchev–Trinajstić information content (AvgIpc) is 3.18. The van der Waals surface area contributed by atoms with Crippen molar-refractivity contribution in [3.05, 3.63) is 66.9 Å². The number of ether oxygens (including phenoxy) is 1. The van der Waals surface area contributed by atoms with Crippen LogP contribution in [-0.2, 0) is 4.74 Å². The van der Waals surface area contributed by atoms with Crippen LogP contribution in [-0.4, -0.2) is 31.8 Å². The minimum atomic E-state index is 0.775. The highest BCUT2D eigenvalue weighted by Crippen LogP contribution is 2.29. The minimum absolute atomic E-state index is 0.775. The fourth-order valence-corrected chi connectivity index (χ4v) is 3.28. The molecule has 1 aliphatic rings. The molecule has 5 heterocycles. The lowest BCUT2D eigenvalue weighted by Gasteiger charge is -2.13. The van der Waals surface area contributed by atoms with Crippen LogP contribution in [0.4, 0.5) is 0 Å². The molecule has 0 aliphatic carbocycles. The second kappa shape index (κ2) is 6.64. The molecule has 4 aromatic rings. The Hall–Kier alpha value is -3.54. The zero-order valence-corrected chi connectivity index (χ0v) is 14.6. The Morgan fingerprint density at radius 2 is 1.96 bits per heavy atom. The molecule has 0 bridgehead atoms. The molecule has 4 aromatic heterocycles. The third-order valence-corrected chi connectivity index (χ3v) is 4.66. The van der Waals surface area contributed by atoms with Crippen LogP contribution >= 0.6 is 0 Å². The monoisotopic (exact) mass is 355 g/mol. The van der Waals surface area contributed by atoms with E-state index in [2.05, 4.69) is 20.2 Å². The number of pyridine rings is 3. The summed E-state index contributed by atoms with van der Waals surface area (Å²) in [5.41, 5.74) is 6.41. The van der Waals surface area contributed by atoms with Crippen molar-refractivity contribution in [3.8, 4) is 22.6 Å². The third kappa shape index (κ3) is 2.95. The van der Waals surface area contributed by atoms with Crippen molar-refractivity contribution in [1.29, 1.82) is 0 Å². The van der Waals surface area contributed by atoms with Crippen molar-refractivity contribution >= 4 is 16.5 Å². The Morgan fingerprint density at radius 3 is 2.81 bits per heavy atom. The maximum absolute atomic E-state index is 5.46. The number of aromatic amines is 1. The van der Waals surface area contributed by atoms with Crippen LogP contribution in [0.3, 0.4) is 0 Å². The highest BCUT2D eigenvalue weighted by atomic mass is 16.5. The summed E-state index contributed by atoms with van der Waals surface area (Å²) >= 11 is 0. The Morgan fingerprint density at radius 1 is 1.00 bits per heavy atom. The fourth-order valence-electron chi connectivity index (χ4n) is 3.28. The predicted octanol–water partition coefficient (Wildman–Crippen LogP) is 4.23. The summed E-state index contributed by atoms with van der Waals surface area (Å²) in [6.45, 7) is 0.775. The van der Waals surface area contributed by atoms with E-state index in [0.717, 1.165) is 64.3 Å². The number of rotatable bonds is 3. The van der Waals surface area contributed by atoms with Crippen molar-refractivity contribution in [3.63, 3.8) is 0 Å². The van der Waals surface area contributed by atoms with Gasteiger partial charge in [0.15, 0.2) is 0 Å². The van der Waals surface area contributed by atoms with Gasteiger partial charge in [-0.3, -0.25) is 15.1 Å². The molecule has 0 radical (unpaired) electrons. The lowest BCUT2D eigenvalue weighted by atomic mass is 10.1. The molecule has 1 aliphatic heterocycles. The molecule has 0 spiro atoms. The van der Waals surface area contributed by atoms with Gasteiger partial charge in [-0.15, -0.1) is 0 Å². The number of nitrogens with zero attached hydrogens (tertiary/aromatic N) is 4. The molecular weight excluding hydrogens is 338 g/mol. The number of nitrogens with one attached hydrogen (secondary N) is 1. The summed E-state index contributed by atoms with van der Waals surface area (Å²) in [4.78, 5) is 13.5. The van der Waals surface area contributed by atoms with Crippen LogP contribution in [0.2, 0.25) is 0 Å². The first kappa shape index (κ1) is 15.7. The maximum Gasteiger partial charge on any atom is 0.118 e. The van der Waals surface area contributed by atoms with Gasteiger partial charge in [0.1, 0.15) is 5.69 Å². The van der Waals surface area contributed by atoms with Gasteiger partial charge in [0.25, 0.3) is 0 Å². The topological polar surface area (TPSA) is 76.6 Å². The largest absolute Gasteiger partial charge is 0.501 e. The number of fused-ring (bicyclic) bond motifs is 1. The maximum atomic E-state index is 5.46. The predicted molar refractivity (Wildman–Crippen MR) is 104 cm³/mol. The van der Waals surface area contributed by atoms with Crippen LogP contribution < -0.4 is 0 Å². The molecule has 0 unspecified atom stereocenters. The summed E-state index contributed by atoms with van der Waals surface area (Å²) < 4.78 is 5.46. The van der Waals surface area contributed by atoms with E-state index < -0.39 is 0 Å². The number of aromatic nitrogens is 5. The lowest BCUT2D eigenvalue weighted by Crippen LogP contribution is -2.00. The quantitative estimate of drug-likeness (QED) is 0.595. The second-order valence-electron chi connectivity index (χ2n) is 6.45. The highest BCUT2D eigenvalue weighted by Gasteiger charge is 2.14. The molecule has 132 valence electrons. The van der Waals surface area contributed by atoms with E-state index in [1.54, 1.807) is 12.4 Å². The van der Waals surface area contributed by atoms with E-state index in [9.17, 15) is 0 Å². The first-order valence-electron chi connectivity index (χ1n) is 8.91. The van der Waals surface area contributed by atoms with Crippen molar-refractivity contribution < 1.29 is 4.74 Å². The molecule has 27 heavy (non-hydrogen) atoms. The number of allylic oxidation sites excluding steroid dienone is 1. The van der Waals surface area contributed by atoms with Crippen molar-refractivity contribution in [2.24, 2.45) is 0 Å². The van der Waals surface area contributed by atoms with Crippen molar-refractivity contribution in [2.45, 2.75) is 12.8 Å². The third-order valence-electron chi connectivity index (χ3n) is 4.66. The zero-order valence-electron chi connectivity index (χ0n) is 14.6. The number of hydrogen-bond acceptors (Lipinski definition) is 5. The van der Waals surface area contributed by atoms with Crippen LogP contribution in [0.15, 0.2) is 61.3 Å². The summed E-state index contributed by atoms with van der Waals surface area (Å²) in [6.07, 6.45) is 9.18. The summed E-state index contributed by atoms with van der Waals surface area (Å²) in [7, 11) is 0. The van der Waals surface area contributed by atoms with Gasteiger partial charge in [-0.1, -0.05) is 6.07 Å². The molecule has 1 N–H and O–H groups in total. The molecule has 0 aromatic carbocycles. The van der Waals surface area contributed by atoms with E-state index in [1.807, 2.05) is 48.9 Å². The number of hydrogen-bond donors (Lipinski definition) is 1. The molecule has 0 amide bonds. The van der Waals surface area contributed by atoms with Gasteiger partial charge in [0.05, 0.1) is 41.7 Å². The van der Waals surface area contributed by atoms with Crippen LogP contribution in [0, 0.1) is 0 Å². The zero-order chi connectivity index (χ0) is 18.1. The SMILES string of the molecule is C1=C(c2cccc(-c3n[nH]c4cnc(-c5cccnc5)cc34)n2)CCCO1. The van der Waals surface area contributed by atoms with Gasteiger partial charge in [-0.05, 0) is 43.2 Å². The van der Waals surface area contributed by atoms with Crippen LogP contribution in [0.25, 0.3) is 39.1 Å². The molecule has 6 nitrogen and oxygen atoms in total. The summed E-state index contributed by atoms with van der Waals surface area (Å²) in [6, 6.07) is 11.9. The van der Waals surface area contributed by atoms with Gasteiger partial charge in [-0.25, -0.2) is 4.98 Å². The Labute approximate surface area is 156 Å². The molecular formula is C21H17N5O. The van der Waals surface area contributed by atoms with E-state index >= 15 is 0 Å². The first-order valence-corrected chi connectivity index (χ1v) is 8.91. The summed E-state index contributed by atoms with van der Waals surface area (Å²) in [5, 5.41) is 8.54. The first-order chi connectivity index (χ1) is 13.4. The van der Waals surface area contributed by atoms with E-state index in [-0.39, 0.29) is 0 Å². The Balaban J connectivity index is 1.60. The normalized spacial score (nSPS) is 14.0. The second-order valence-corrected chi connectivity index (χ2v) is 6.45. The highest BCUT2D eigenvalue weighted by molar-refractivity contribution is 5.93. The van der Waals surface area contributed by atoms with Gasteiger partial charge in [-0.2, -0.15) is 5.10 Å². The Bertz CT molecular complexity index is 1130. The van der Waals surface area contributed by atoms with E-state index in [1.165, 1.54) is 0 Å². The minimum Gasteiger partial charge on any atom is -0.501 e. The van der Waals surface area contributed by atoms with E-state index in [4.69, 9.17) is 9.72 Å². The molecule has 0 saturated heterocycles. The van der Waals surface area contributed by atoms with Crippen molar-refractivity contribution in [1.82, 2.24) is 25.1 Å². The molecule has 5 rings (SSSR count).